The van der Waals surface area contributed by atoms with Crippen LogP contribution in [0.1, 0.15) is 5.56 Å². The Morgan fingerprint density at radius 1 is 1.64 bits per heavy atom. The molecule has 0 aliphatic carbocycles. The topological polar surface area (TPSA) is 63.3 Å². The van der Waals surface area contributed by atoms with Crippen molar-refractivity contribution < 1.29 is 9.90 Å². The van der Waals surface area contributed by atoms with Crippen molar-refractivity contribution in [3.8, 4) is 0 Å². The van der Waals surface area contributed by atoms with E-state index in [-0.39, 0.29) is 6.42 Å². The fourth-order valence-corrected chi connectivity index (χ4v) is 1.64. The minimum Gasteiger partial charge on any atom is -0.480 e. The third-order valence-corrected chi connectivity index (χ3v) is 3.12. The van der Waals surface area contributed by atoms with Crippen molar-refractivity contribution in [3.63, 3.8) is 0 Å². The molecule has 0 bridgehead atoms. The second-order valence-corrected chi connectivity index (χ2v) is 4.09. The highest BCUT2D eigenvalue weighted by Gasteiger charge is 2.14. The van der Waals surface area contributed by atoms with E-state index in [0.29, 0.717) is 5.02 Å². The Kier molecular flexibility index (Phi) is 3.92. The first-order chi connectivity index (χ1) is 6.52. The van der Waals surface area contributed by atoms with Gasteiger partial charge in [0.25, 0.3) is 0 Å². The average Bonchev–Trinajstić information content (AvgIpc) is 2.12. The van der Waals surface area contributed by atoms with Crippen LogP contribution >= 0.6 is 27.5 Å². The summed E-state index contributed by atoms with van der Waals surface area (Å²) >= 11 is 9.20. The van der Waals surface area contributed by atoms with E-state index in [1.165, 1.54) is 0 Å². The molecule has 0 aliphatic rings. The third kappa shape index (κ3) is 2.70. The quantitative estimate of drug-likeness (QED) is 0.889. The number of nitrogens with two attached hydrogens (primary N) is 1. The first-order valence-corrected chi connectivity index (χ1v) is 5.10. The van der Waals surface area contributed by atoms with E-state index in [1.807, 2.05) is 0 Å². The fraction of sp³-hybridized carbons (Fsp3) is 0.222. The van der Waals surface area contributed by atoms with E-state index in [1.54, 1.807) is 18.2 Å². The summed E-state index contributed by atoms with van der Waals surface area (Å²) in [4.78, 5) is 10.5. The normalized spacial score (nSPS) is 12.5. The molecular formula is C9H9BrClNO2. The summed E-state index contributed by atoms with van der Waals surface area (Å²) in [7, 11) is 0. The Bertz CT molecular complexity index is 357. The summed E-state index contributed by atoms with van der Waals surface area (Å²) in [6.07, 6.45) is 0.230. The molecule has 3 nitrogen and oxygen atoms in total. The van der Waals surface area contributed by atoms with E-state index in [4.69, 9.17) is 22.4 Å². The van der Waals surface area contributed by atoms with E-state index < -0.39 is 12.0 Å². The van der Waals surface area contributed by atoms with Crippen molar-refractivity contribution in [1.82, 2.24) is 0 Å². The van der Waals surface area contributed by atoms with Crippen LogP contribution in [0.3, 0.4) is 0 Å². The zero-order valence-corrected chi connectivity index (χ0v) is 9.55. The Morgan fingerprint density at radius 3 is 2.86 bits per heavy atom. The van der Waals surface area contributed by atoms with Gasteiger partial charge in [-0.1, -0.05) is 23.7 Å². The van der Waals surface area contributed by atoms with Gasteiger partial charge in [0.2, 0.25) is 0 Å². The fourth-order valence-electron chi connectivity index (χ4n) is 1.03. The Labute approximate surface area is 95.0 Å². The predicted molar refractivity (Wildman–Crippen MR) is 58.5 cm³/mol. The van der Waals surface area contributed by atoms with Crippen LogP contribution in [-0.2, 0) is 11.2 Å². The molecular weight excluding hydrogens is 269 g/mol. The molecule has 0 spiro atoms. The second-order valence-electron chi connectivity index (χ2n) is 2.86. The molecule has 3 N–H and O–H groups in total. The molecule has 1 rings (SSSR count). The Morgan fingerprint density at radius 2 is 2.29 bits per heavy atom. The van der Waals surface area contributed by atoms with Crippen LogP contribution in [0, 0.1) is 0 Å². The van der Waals surface area contributed by atoms with Gasteiger partial charge in [-0.3, -0.25) is 4.79 Å². The molecule has 1 aromatic carbocycles. The molecule has 0 fully saturated rings. The summed E-state index contributed by atoms with van der Waals surface area (Å²) in [5.74, 6) is -1.03. The number of rotatable bonds is 3. The number of carbonyl (C=O) groups is 1. The highest BCUT2D eigenvalue weighted by atomic mass is 79.9. The first-order valence-electron chi connectivity index (χ1n) is 3.93. The number of hydrogen-bond donors (Lipinski definition) is 2. The van der Waals surface area contributed by atoms with Crippen LogP contribution in [0.25, 0.3) is 0 Å². The lowest BCUT2D eigenvalue weighted by molar-refractivity contribution is -0.138. The molecule has 0 amide bonds. The van der Waals surface area contributed by atoms with Gasteiger partial charge in [-0.15, -0.1) is 0 Å². The van der Waals surface area contributed by atoms with Gasteiger partial charge in [-0.25, -0.2) is 0 Å². The molecule has 0 aliphatic heterocycles. The van der Waals surface area contributed by atoms with Crippen molar-refractivity contribution in [1.29, 1.82) is 0 Å². The number of aliphatic carboxylic acids is 1. The zero-order valence-electron chi connectivity index (χ0n) is 7.21. The number of hydrogen-bond acceptors (Lipinski definition) is 2. The molecule has 76 valence electrons. The Hall–Kier alpha value is -0.580. The molecule has 0 saturated heterocycles. The summed E-state index contributed by atoms with van der Waals surface area (Å²) in [5.41, 5.74) is 6.13. The van der Waals surface area contributed by atoms with E-state index in [0.717, 1.165) is 10.0 Å². The first kappa shape index (κ1) is 11.5. The van der Waals surface area contributed by atoms with Gasteiger partial charge in [-0.05, 0) is 34.0 Å². The van der Waals surface area contributed by atoms with Crippen LogP contribution in [0.5, 0.6) is 0 Å². The maximum atomic E-state index is 10.5. The lowest BCUT2D eigenvalue weighted by atomic mass is 10.1. The molecule has 5 heteroatoms. The summed E-state index contributed by atoms with van der Waals surface area (Å²) in [5, 5.41) is 9.14. The highest BCUT2D eigenvalue weighted by Crippen LogP contribution is 2.26. The molecule has 0 aromatic heterocycles. The minimum absolute atomic E-state index is 0.230. The minimum atomic E-state index is -1.03. The standard InChI is InChI=1S/C9H9BrClNO2/c10-6-3-1-2-5(8(6)11)4-7(12)9(13)14/h1-3,7H,4,12H2,(H,13,14)/t7-/m0/s1. The number of benzene rings is 1. The van der Waals surface area contributed by atoms with Crippen molar-refractivity contribution in [3.05, 3.63) is 33.3 Å². The van der Waals surface area contributed by atoms with Crippen LogP contribution < -0.4 is 5.73 Å². The summed E-state index contributed by atoms with van der Waals surface area (Å²) in [6.45, 7) is 0. The highest BCUT2D eigenvalue weighted by molar-refractivity contribution is 9.10. The molecule has 0 unspecified atom stereocenters. The van der Waals surface area contributed by atoms with Crippen LogP contribution in [0.15, 0.2) is 22.7 Å². The van der Waals surface area contributed by atoms with Gasteiger partial charge >= 0.3 is 5.97 Å². The van der Waals surface area contributed by atoms with E-state index in [2.05, 4.69) is 15.9 Å². The van der Waals surface area contributed by atoms with Gasteiger partial charge in [-0.2, -0.15) is 0 Å². The van der Waals surface area contributed by atoms with Gasteiger partial charge in [0, 0.05) is 4.47 Å². The third-order valence-electron chi connectivity index (χ3n) is 1.79. The average molecular weight is 279 g/mol. The molecule has 14 heavy (non-hydrogen) atoms. The van der Waals surface area contributed by atoms with Gasteiger partial charge in [0.05, 0.1) is 5.02 Å². The van der Waals surface area contributed by atoms with Gasteiger partial charge < -0.3 is 10.8 Å². The van der Waals surface area contributed by atoms with Gasteiger partial charge in [0.15, 0.2) is 0 Å². The molecule has 0 heterocycles. The number of halogens is 2. The predicted octanol–water partition coefficient (Wildman–Crippen LogP) is 2.06. The number of carboxylic acid groups (broad SMARTS) is 1. The van der Waals surface area contributed by atoms with Crippen molar-refractivity contribution in [2.24, 2.45) is 5.73 Å². The lowest BCUT2D eigenvalue weighted by Crippen LogP contribution is -2.32. The lowest BCUT2D eigenvalue weighted by Gasteiger charge is -2.08. The van der Waals surface area contributed by atoms with Crippen molar-refractivity contribution >= 4 is 33.5 Å². The SMILES string of the molecule is N[C@@H](Cc1cccc(Br)c1Cl)C(=O)O. The monoisotopic (exact) mass is 277 g/mol. The Balaban J connectivity index is 2.87. The molecule has 0 radical (unpaired) electrons. The second kappa shape index (κ2) is 4.77. The van der Waals surface area contributed by atoms with Crippen molar-refractivity contribution in [2.45, 2.75) is 12.5 Å². The largest absolute Gasteiger partial charge is 0.480 e. The maximum absolute atomic E-state index is 10.5. The van der Waals surface area contributed by atoms with Crippen LogP contribution in [-0.4, -0.2) is 17.1 Å². The molecule has 0 saturated carbocycles. The summed E-state index contributed by atoms with van der Waals surface area (Å²) in [6, 6.07) is 4.43. The molecule has 1 aromatic rings. The molecule has 1 atom stereocenters. The number of carboxylic acids is 1. The van der Waals surface area contributed by atoms with E-state index in [9.17, 15) is 4.79 Å². The summed E-state index contributed by atoms with van der Waals surface area (Å²) < 4.78 is 0.745. The van der Waals surface area contributed by atoms with Crippen LogP contribution in [0.2, 0.25) is 5.02 Å². The van der Waals surface area contributed by atoms with Crippen LogP contribution in [0.4, 0.5) is 0 Å². The maximum Gasteiger partial charge on any atom is 0.320 e. The van der Waals surface area contributed by atoms with E-state index >= 15 is 0 Å². The zero-order chi connectivity index (χ0) is 10.7. The van der Waals surface area contributed by atoms with Gasteiger partial charge in [0.1, 0.15) is 6.04 Å². The van der Waals surface area contributed by atoms with Crippen molar-refractivity contribution in [2.75, 3.05) is 0 Å². The smallest absolute Gasteiger partial charge is 0.320 e.